The Labute approximate surface area is 148 Å². The van der Waals surface area contributed by atoms with Crippen molar-refractivity contribution in [2.24, 2.45) is 0 Å². The van der Waals surface area contributed by atoms with Gasteiger partial charge in [-0.2, -0.15) is 9.97 Å². The van der Waals surface area contributed by atoms with Crippen LogP contribution in [0.1, 0.15) is 24.0 Å². The molecule has 3 rings (SSSR count). The minimum atomic E-state index is 0.0862. The van der Waals surface area contributed by atoms with Gasteiger partial charge in [0.25, 0.3) is 0 Å². The van der Waals surface area contributed by atoms with E-state index in [1.54, 1.807) is 6.26 Å². The molecule has 120 valence electrons. The van der Waals surface area contributed by atoms with E-state index in [0.29, 0.717) is 38.3 Å². The van der Waals surface area contributed by atoms with E-state index in [1.165, 1.54) is 0 Å². The molecule has 1 unspecified atom stereocenters. The molecule has 0 radical (unpaired) electrons. The normalized spacial score (nSPS) is 12.7. The summed E-state index contributed by atoms with van der Waals surface area (Å²) in [4.78, 5) is 8.68. The molecular formula is C15H14Cl2N4OS. The molecule has 0 fully saturated rings. The summed E-state index contributed by atoms with van der Waals surface area (Å²) in [5.74, 6) is 0.480. The average Bonchev–Trinajstić information content (AvgIpc) is 2.87. The van der Waals surface area contributed by atoms with E-state index in [4.69, 9.17) is 39.1 Å². The quantitative estimate of drug-likeness (QED) is 0.598. The number of anilines is 2. The summed E-state index contributed by atoms with van der Waals surface area (Å²) < 4.78 is 5.44. The van der Waals surface area contributed by atoms with Gasteiger partial charge in [-0.1, -0.05) is 36.2 Å². The molecule has 2 aromatic heterocycles. The number of halogens is 2. The first-order valence-corrected chi connectivity index (χ1v) is 8.04. The van der Waals surface area contributed by atoms with E-state index in [0.717, 1.165) is 11.1 Å². The van der Waals surface area contributed by atoms with E-state index in [9.17, 15) is 0 Å². The maximum Gasteiger partial charge on any atom is 0.233 e. The van der Waals surface area contributed by atoms with Crippen molar-refractivity contribution in [3.63, 3.8) is 0 Å². The molecule has 1 atom stereocenters. The number of benzene rings is 1. The summed E-state index contributed by atoms with van der Waals surface area (Å²) in [7, 11) is 0. The molecule has 0 aliphatic heterocycles. The number of hydrogen-bond acceptors (Lipinski definition) is 6. The highest BCUT2D eigenvalue weighted by Gasteiger charge is 2.19. The number of nitrogens with two attached hydrogens (primary N) is 2. The molecule has 0 saturated carbocycles. The molecule has 0 spiro atoms. The van der Waals surface area contributed by atoms with Crippen LogP contribution in [0.3, 0.4) is 0 Å². The molecule has 0 aliphatic rings. The van der Waals surface area contributed by atoms with Crippen molar-refractivity contribution < 1.29 is 4.42 Å². The second kappa shape index (κ2) is 6.11. The van der Waals surface area contributed by atoms with Crippen molar-refractivity contribution in [3.05, 3.63) is 39.6 Å². The zero-order valence-corrected chi connectivity index (χ0v) is 14.6. The van der Waals surface area contributed by atoms with Gasteiger partial charge in [0.05, 0.1) is 21.7 Å². The van der Waals surface area contributed by atoms with Gasteiger partial charge in [-0.05, 0) is 24.0 Å². The van der Waals surface area contributed by atoms with Gasteiger partial charge in [0, 0.05) is 10.5 Å². The van der Waals surface area contributed by atoms with Crippen LogP contribution < -0.4 is 11.5 Å². The van der Waals surface area contributed by atoms with Crippen molar-refractivity contribution in [2.75, 3.05) is 11.5 Å². The predicted molar refractivity (Wildman–Crippen MR) is 96.5 cm³/mol. The van der Waals surface area contributed by atoms with Gasteiger partial charge in [-0.15, -0.1) is 12.6 Å². The minimum Gasteiger partial charge on any atom is -0.446 e. The third kappa shape index (κ3) is 2.94. The smallest absolute Gasteiger partial charge is 0.233 e. The van der Waals surface area contributed by atoms with Gasteiger partial charge in [0.15, 0.2) is 0 Å². The molecule has 0 aliphatic carbocycles. The maximum absolute atomic E-state index is 6.33. The van der Waals surface area contributed by atoms with E-state index in [1.807, 2.05) is 19.1 Å². The number of rotatable bonds is 3. The molecule has 3 aromatic rings. The minimum absolute atomic E-state index is 0.0862. The number of thiol groups is 1. The van der Waals surface area contributed by atoms with Crippen LogP contribution in [-0.4, -0.2) is 9.97 Å². The summed E-state index contributed by atoms with van der Waals surface area (Å²) in [6.45, 7) is 2.04. The number of hydrogen-bond donors (Lipinski definition) is 3. The molecule has 0 saturated heterocycles. The van der Waals surface area contributed by atoms with Crippen LogP contribution in [0, 0.1) is 0 Å². The van der Waals surface area contributed by atoms with Gasteiger partial charge >= 0.3 is 0 Å². The number of nitrogens with zero attached hydrogens (tertiary/aromatic N) is 2. The Kier molecular flexibility index (Phi) is 4.31. The average molecular weight is 369 g/mol. The number of aromatic nitrogens is 2. The molecule has 1 aromatic carbocycles. The van der Waals surface area contributed by atoms with Crippen molar-refractivity contribution in [2.45, 2.75) is 24.2 Å². The van der Waals surface area contributed by atoms with Gasteiger partial charge in [-0.3, -0.25) is 0 Å². The summed E-state index contributed by atoms with van der Waals surface area (Å²) >= 11 is 16.8. The number of nitrogen functional groups attached to an aromatic ring is 2. The molecule has 23 heavy (non-hydrogen) atoms. The fraction of sp³-hybridized carbons (Fsp3) is 0.200. The SMILES string of the molecule is CC(Cc1coc2nc(N)nc(N)c12)c1ccc(S)c(Cl)c1Cl. The van der Waals surface area contributed by atoms with Crippen molar-refractivity contribution in [1.29, 1.82) is 0 Å². The Balaban J connectivity index is 1.98. The fourth-order valence-corrected chi connectivity index (χ4v) is 3.35. The molecular weight excluding hydrogens is 355 g/mol. The summed E-state index contributed by atoms with van der Waals surface area (Å²) in [5.41, 5.74) is 13.7. The van der Waals surface area contributed by atoms with E-state index >= 15 is 0 Å². The van der Waals surface area contributed by atoms with Gasteiger partial charge in [-0.25, -0.2) is 0 Å². The zero-order chi connectivity index (χ0) is 16.7. The molecule has 2 heterocycles. The summed E-state index contributed by atoms with van der Waals surface area (Å²) in [6, 6.07) is 3.75. The first-order valence-electron chi connectivity index (χ1n) is 6.84. The van der Waals surface area contributed by atoms with Crippen LogP contribution in [0.4, 0.5) is 11.8 Å². The van der Waals surface area contributed by atoms with Crippen molar-refractivity contribution in [1.82, 2.24) is 9.97 Å². The van der Waals surface area contributed by atoms with Gasteiger partial charge in [0.1, 0.15) is 5.82 Å². The zero-order valence-electron chi connectivity index (χ0n) is 12.2. The van der Waals surface area contributed by atoms with Crippen LogP contribution in [-0.2, 0) is 6.42 Å². The van der Waals surface area contributed by atoms with Crippen LogP contribution in [0.2, 0.25) is 10.0 Å². The van der Waals surface area contributed by atoms with Crippen LogP contribution >= 0.6 is 35.8 Å². The summed E-state index contributed by atoms with van der Waals surface area (Å²) in [6.07, 6.45) is 2.26. The Morgan fingerprint density at radius 2 is 1.96 bits per heavy atom. The molecule has 0 bridgehead atoms. The lowest BCUT2D eigenvalue weighted by molar-refractivity contribution is 0.595. The Hall–Kier alpha value is -1.63. The number of furan rings is 1. The molecule has 0 amide bonds. The Bertz CT molecular complexity index is 897. The molecule has 8 heteroatoms. The topological polar surface area (TPSA) is 91.0 Å². The first-order chi connectivity index (χ1) is 10.9. The third-order valence-corrected chi connectivity index (χ3v) is 5.10. The lowest BCUT2D eigenvalue weighted by Crippen LogP contribution is -2.03. The van der Waals surface area contributed by atoms with Gasteiger partial charge < -0.3 is 15.9 Å². The fourth-order valence-electron chi connectivity index (χ4n) is 2.57. The molecule has 4 N–H and O–H groups in total. The lowest BCUT2D eigenvalue weighted by Gasteiger charge is -2.15. The van der Waals surface area contributed by atoms with Crippen molar-refractivity contribution >= 4 is 58.7 Å². The number of fused-ring (bicyclic) bond motifs is 1. The van der Waals surface area contributed by atoms with E-state index in [2.05, 4.69) is 22.6 Å². The standard InChI is InChI=1S/C15H14Cl2N4OS/c1-6(8-2-3-9(23)12(17)11(8)16)4-7-5-22-14-10(7)13(18)20-15(19)21-14/h2-3,5-6,23H,4H2,1H3,(H4,18,19,20,21). The summed E-state index contributed by atoms with van der Waals surface area (Å²) in [5, 5.41) is 1.64. The second-order valence-electron chi connectivity index (χ2n) is 5.32. The lowest BCUT2D eigenvalue weighted by atomic mass is 9.94. The highest BCUT2D eigenvalue weighted by Crippen LogP contribution is 2.37. The largest absolute Gasteiger partial charge is 0.446 e. The van der Waals surface area contributed by atoms with Gasteiger partial charge in [0.2, 0.25) is 11.7 Å². The first kappa shape index (κ1) is 16.2. The third-order valence-electron chi connectivity index (χ3n) is 3.70. The maximum atomic E-state index is 6.33. The van der Waals surface area contributed by atoms with Crippen LogP contribution in [0.5, 0.6) is 0 Å². The molecule has 5 nitrogen and oxygen atoms in total. The van der Waals surface area contributed by atoms with Crippen LogP contribution in [0.25, 0.3) is 11.1 Å². The monoisotopic (exact) mass is 368 g/mol. The highest BCUT2D eigenvalue weighted by molar-refractivity contribution is 7.80. The highest BCUT2D eigenvalue weighted by atomic mass is 35.5. The van der Waals surface area contributed by atoms with Crippen LogP contribution in [0.15, 0.2) is 27.7 Å². The van der Waals surface area contributed by atoms with E-state index < -0.39 is 0 Å². The second-order valence-corrected chi connectivity index (χ2v) is 6.55. The predicted octanol–water partition coefficient (Wildman–Crippen LogP) is 4.33. The van der Waals surface area contributed by atoms with E-state index in [-0.39, 0.29) is 11.9 Å². The van der Waals surface area contributed by atoms with Crippen molar-refractivity contribution in [3.8, 4) is 0 Å². The Morgan fingerprint density at radius 3 is 2.70 bits per heavy atom. The Morgan fingerprint density at radius 1 is 1.22 bits per heavy atom.